The molecule has 2 aliphatic rings. The van der Waals surface area contributed by atoms with Crippen LogP contribution < -0.4 is 0 Å². The molecule has 3 rings (SSSR count). The molecule has 12 heavy (non-hydrogen) atoms. The molecule has 2 aliphatic carbocycles. The molecule has 2 atom stereocenters. The van der Waals surface area contributed by atoms with Crippen LogP contribution in [-0.2, 0) is 0 Å². The van der Waals surface area contributed by atoms with E-state index in [9.17, 15) is 0 Å². The van der Waals surface area contributed by atoms with Gasteiger partial charge in [-0.05, 0) is 42.4 Å². The summed E-state index contributed by atoms with van der Waals surface area (Å²) in [5.74, 6) is 1.65. The Kier molecular flexibility index (Phi) is 1.06. The highest BCUT2D eigenvalue weighted by Gasteiger charge is 2.42. The summed E-state index contributed by atoms with van der Waals surface area (Å²) in [5.41, 5.74) is 4.41. The maximum atomic E-state index is 4.17. The average molecular weight is 157 g/mol. The number of hydrogen-bond donors (Lipinski definition) is 0. The molecule has 1 saturated carbocycles. The monoisotopic (exact) mass is 157 g/mol. The van der Waals surface area contributed by atoms with Crippen molar-refractivity contribution in [2.24, 2.45) is 5.92 Å². The summed E-state index contributed by atoms with van der Waals surface area (Å²) in [4.78, 5) is 4.17. The van der Waals surface area contributed by atoms with Crippen LogP contribution in [0.1, 0.15) is 30.4 Å². The second-order valence-electron chi connectivity index (χ2n) is 3.84. The first kappa shape index (κ1) is 6.41. The number of allylic oxidation sites excluding steroid dienone is 1. The van der Waals surface area contributed by atoms with Gasteiger partial charge in [0.25, 0.3) is 0 Å². The smallest absolute Gasteiger partial charge is 0.0308 e. The van der Waals surface area contributed by atoms with E-state index in [2.05, 4.69) is 24.1 Å². The predicted octanol–water partition coefficient (Wildman–Crippen LogP) is 2.60. The fraction of sp³-hybridized carbons (Fsp3) is 0.364. The van der Waals surface area contributed by atoms with Gasteiger partial charge in [-0.15, -0.1) is 0 Å². The van der Waals surface area contributed by atoms with E-state index >= 15 is 0 Å². The van der Waals surface area contributed by atoms with Gasteiger partial charge in [0.05, 0.1) is 0 Å². The van der Waals surface area contributed by atoms with Crippen molar-refractivity contribution in [1.29, 1.82) is 0 Å². The fourth-order valence-corrected chi connectivity index (χ4v) is 2.25. The quantitative estimate of drug-likeness (QED) is 0.564. The maximum absolute atomic E-state index is 4.17. The Labute approximate surface area is 72.1 Å². The Balaban J connectivity index is 2.23. The summed E-state index contributed by atoms with van der Waals surface area (Å²) < 4.78 is 0. The number of nitrogens with zero attached hydrogens (tertiary/aromatic N) is 1. The highest BCUT2D eigenvalue weighted by Crippen LogP contribution is 2.55. The summed E-state index contributed by atoms with van der Waals surface area (Å²) in [6, 6.07) is 2.12. The molecule has 1 heterocycles. The zero-order valence-corrected chi connectivity index (χ0v) is 7.12. The van der Waals surface area contributed by atoms with Crippen molar-refractivity contribution >= 4 is 6.08 Å². The molecule has 0 radical (unpaired) electrons. The molecule has 0 aliphatic heterocycles. The largest absolute Gasteiger partial charge is 0.264 e. The molecule has 1 heteroatoms. The minimum Gasteiger partial charge on any atom is -0.264 e. The van der Waals surface area contributed by atoms with E-state index < -0.39 is 0 Å². The first-order valence-corrected chi connectivity index (χ1v) is 4.48. The number of rotatable bonds is 0. The van der Waals surface area contributed by atoms with Crippen LogP contribution in [0.15, 0.2) is 24.0 Å². The van der Waals surface area contributed by atoms with Crippen LogP contribution in [0.2, 0.25) is 0 Å². The van der Waals surface area contributed by atoms with Gasteiger partial charge in [-0.25, -0.2) is 0 Å². The van der Waals surface area contributed by atoms with Gasteiger partial charge in [-0.1, -0.05) is 11.6 Å². The minimum atomic E-state index is 0.804. The van der Waals surface area contributed by atoms with Gasteiger partial charge in [0.2, 0.25) is 0 Å². The third kappa shape index (κ3) is 0.711. The number of fused-ring (bicyclic) bond motifs is 3. The zero-order valence-electron chi connectivity index (χ0n) is 7.12. The number of aromatic nitrogens is 1. The summed E-state index contributed by atoms with van der Waals surface area (Å²) in [5, 5.41) is 0. The number of hydrogen-bond acceptors (Lipinski definition) is 1. The first-order chi connectivity index (χ1) is 5.86. The molecule has 0 N–H and O–H groups in total. The van der Waals surface area contributed by atoms with Gasteiger partial charge >= 0.3 is 0 Å². The lowest BCUT2D eigenvalue weighted by molar-refractivity contribution is 0.920. The molecule has 0 spiro atoms. The topological polar surface area (TPSA) is 12.9 Å². The van der Waals surface area contributed by atoms with Gasteiger partial charge in [0.1, 0.15) is 0 Å². The van der Waals surface area contributed by atoms with Crippen LogP contribution in [0.5, 0.6) is 0 Å². The van der Waals surface area contributed by atoms with Crippen molar-refractivity contribution < 1.29 is 0 Å². The maximum Gasteiger partial charge on any atom is 0.0308 e. The molecule has 1 aromatic heterocycles. The van der Waals surface area contributed by atoms with Gasteiger partial charge in [-0.2, -0.15) is 0 Å². The van der Waals surface area contributed by atoms with Gasteiger partial charge in [0.15, 0.2) is 0 Å². The molecular weight excluding hydrogens is 146 g/mol. The molecule has 0 amide bonds. The second-order valence-corrected chi connectivity index (χ2v) is 3.84. The van der Waals surface area contributed by atoms with Crippen LogP contribution in [0.4, 0.5) is 0 Å². The average Bonchev–Trinajstić information content (AvgIpc) is 2.84. The molecular formula is C11H11N. The lowest BCUT2D eigenvalue weighted by Crippen LogP contribution is -1.96. The van der Waals surface area contributed by atoms with Gasteiger partial charge < -0.3 is 0 Å². The molecule has 0 bridgehead atoms. The number of pyridine rings is 1. The van der Waals surface area contributed by atoms with Crippen molar-refractivity contribution in [3.63, 3.8) is 0 Å². The normalized spacial score (nSPS) is 30.2. The van der Waals surface area contributed by atoms with Gasteiger partial charge in [0, 0.05) is 12.4 Å². The minimum absolute atomic E-state index is 0.804. The van der Waals surface area contributed by atoms with Crippen molar-refractivity contribution in [2.45, 2.75) is 19.3 Å². The van der Waals surface area contributed by atoms with Crippen LogP contribution in [0, 0.1) is 5.92 Å². The Hall–Kier alpha value is -1.11. The van der Waals surface area contributed by atoms with Crippen molar-refractivity contribution in [1.82, 2.24) is 4.98 Å². The third-order valence-electron chi connectivity index (χ3n) is 3.05. The third-order valence-corrected chi connectivity index (χ3v) is 3.05. The SMILES string of the molecule is CC1=Cc2ccncc2C2CC12. The van der Waals surface area contributed by atoms with E-state index in [1.807, 2.05) is 12.4 Å². The van der Waals surface area contributed by atoms with E-state index in [1.165, 1.54) is 17.5 Å². The summed E-state index contributed by atoms with van der Waals surface area (Å²) >= 11 is 0. The zero-order chi connectivity index (χ0) is 8.13. The van der Waals surface area contributed by atoms with E-state index in [1.54, 1.807) is 5.57 Å². The summed E-state index contributed by atoms with van der Waals surface area (Å²) in [7, 11) is 0. The standard InChI is InChI=1S/C11H11N/c1-7-4-8-2-3-12-6-11(8)10-5-9(7)10/h2-4,6,9-10H,5H2,1H3. The van der Waals surface area contributed by atoms with Crippen molar-refractivity contribution in [3.8, 4) is 0 Å². The predicted molar refractivity (Wildman–Crippen MR) is 48.7 cm³/mol. The van der Waals surface area contributed by atoms with E-state index in [0.717, 1.165) is 11.8 Å². The Morgan fingerprint density at radius 1 is 1.42 bits per heavy atom. The van der Waals surface area contributed by atoms with Crippen LogP contribution in [0.25, 0.3) is 6.08 Å². The van der Waals surface area contributed by atoms with E-state index in [0.29, 0.717) is 0 Å². The van der Waals surface area contributed by atoms with E-state index in [-0.39, 0.29) is 0 Å². The lowest BCUT2D eigenvalue weighted by Gasteiger charge is -2.11. The summed E-state index contributed by atoms with van der Waals surface area (Å²) in [6.45, 7) is 2.24. The Bertz CT molecular complexity index is 365. The summed E-state index contributed by atoms with van der Waals surface area (Å²) in [6.07, 6.45) is 7.57. The van der Waals surface area contributed by atoms with Crippen LogP contribution in [0.3, 0.4) is 0 Å². The highest BCUT2D eigenvalue weighted by molar-refractivity contribution is 5.63. The Morgan fingerprint density at radius 2 is 2.33 bits per heavy atom. The fourth-order valence-electron chi connectivity index (χ4n) is 2.25. The molecule has 1 aromatic rings. The molecule has 1 fully saturated rings. The molecule has 2 unspecified atom stereocenters. The molecule has 0 saturated heterocycles. The first-order valence-electron chi connectivity index (χ1n) is 4.48. The van der Waals surface area contributed by atoms with E-state index in [4.69, 9.17) is 0 Å². The van der Waals surface area contributed by atoms with Crippen LogP contribution >= 0.6 is 0 Å². The van der Waals surface area contributed by atoms with Gasteiger partial charge in [-0.3, -0.25) is 4.98 Å². The molecule has 0 aromatic carbocycles. The molecule has 60 valence electrons. The second kappa shape index (κ2) is 1.98. The molecule has 1 nitrogen and oxygen atoms in total. The van der Waals surface area contributed by atoms with Crippen molar-refractivity contribution in [3.05, 3.63) is 35.2 Å². The van der Waals surface area contributed by atoms with Crippen LogP contribution in [-0.4, -0.2) is 4.98 Å². The lowest BCUT2D eigenvalue weighted by atomic mass is 9.95. The van der Waals surface area contributed by atoms with Crippen molar-refractivity contribution in [2.75, 3.05) is 0 Å². The Morgan fingerprint density at radius 3 is 3.25 bits per heavy atom. The highest BCUT2D eigenvalue weighted by atomic mass is 14.6.